The lowest BCUT2D eigenvalue weighted by Crippen LogP contribution is -2.25. The Labute approximate surface area is 117 Å². The summed E-state index contributed by atoms with van der Waals surface area (Å²) in [7, 11) is 0. The number of nitrogens with zero attached hydrogens (tertiary/aromatic N) is 1. The molecule has 1 unspecified atom stereocenters. The van der Waals surface area contributed by atoms with Gasteiger partial charge in [-0.05, 0) is 51.1 Å². The van der Waals surface area contributed by atoms with Gasteiger partial charge in [0, 0.05) is 22.6 Å². The first-order valence-electron chi connectivity index (χ1n) is 6.57. The van der Waals surface area contributed by atoms with Crippen molar-refractivity contribution in [3.05, 3.63) is 28.2 Å². The lowest BCUT2D eigenvalue weighted by Gasteiger charge is -2.18. The number of hydrogen-bond acceptors (Lipinski definition) is 3. The summed E-state index contributed by atoms with van der Waals surface area (Å²) in [6, 6.07) is 6.02. The van der Waals surface area contributed by atoms with Crippen LogP contribution in [0.15, 0.2) is 22.7 Å². The van der Waals surface area contributed by atoms with Gasteiger partial charge in [0.15, 0.2) is 0 Å². The van der Waals surface area contributed by atoms with Crippen molar-refractivity contribution in [2.24, 2.45) is 5.73 Å². The highest BCUT2D eigenvalue weighted by molar-refractivity contribution is 9.10. The van der Waals surface area contributed by atoms with E-state index in [1.165, 1.54) is 25.9 Å². The molecule has 0 spiro atoms. The van der Waals surface area contributed by atoms with E-state index in [9.17, 15) is 0 Å². The largest absolute Gasteiger partial charge is 0.492 e. The van der Waals surface area contributed by atoms with Crippen LogP contribution in [0.2, 0.25) is 0 Å². The molecule has 1 atom stereocenters. The van der Waals surface area contributed by atoms with Crippen LogP contribution in [0.3, 0.4) is 0 Å². The van der Waals surface area contributed by atoms with E-state index >= 15 is 0 Å². The predicted molar refractivity (Wildman–Crippen MR) is 77.9 cm³/mol. The molecule has 100 valence electrons. The fourth-order valence-corrected chi connectivity index (χ4v) is 2.68. The van der Waals surface area contributed by atoms with Crippen LogP contribution in [-0.4, -0.2) is 31.1 Å². The molecule has 4 heteroatoms. The first-order chi connectivity index (χ1) is 8.66. The van der Waals surface area contributed by atoms with Gasteiger partial charge in [0.1, 0.15) is 12.4 Å². The second kappa shape index (κ2) is 6.55. The van der Waals surface area contributed by atoms with Gasteiger partial charge in [-0.15, -0.1) is 0 Å². The zero-order chi connectivity index (χ0) is 13.0. The number of hydrogen-bond donors (Lipinski definition) is 1. The minimum atomic E-state index is -0.00992. The monoisotopic (exact) mass is 312 g/mol. The van der Waals surface area contributed by atoms with E-state index in [0.29, 0.717) is 0 Å². The van der Waals surface area contributed by atoms with Crippen molar-refractivity contribution in [2.45, 2.75) is 25.8 Å². The number of likely N-dealkylation sites (tertiary alicyclic amines) is 1. The van der Waals surface area contributed by atoms with Crippen LogP contribution in [0.25, 0.3) is 0 Å². The van der Waals surface area contributed by atoms with Gasteiger partial charge in [0.2, 0.25) is 0 Å². The normalized spacial score (nSPS) is 17.9. The first kappa shape index (κ1) is 13.8. The summed E-state index contributed by atoms with van der Waals surface area (Å²) >= 11 is 3.47. The Morgan fingerprint density at radius 1 is 1.39 bits per heavy atom. The van der Waals surface area contributed by atoms with E-state index in [2.05, 4.69) is 20.8 Å². The van der Waals surface area contributed by atoms with Crippen molar-refractivity contribution in [3.63, 3.8) is 0 Å². The molecule has 0 aliphatic carbocycles. The summed E-state index contributed by atoms with van der Waals surface area (Å²) in [6.45, 7) is 6.15. The summed E-state index contributed by atoms with van der Waals surface area (Å²) in [5.41, 5.74) is 7.03. The summed E-state index contributed by atoms with van der Waals surface area (Å²) in [4.78, 5) is 2.45. The maximum Gasteiger partial charge on any atom is 0.124 e. The van der Waals surface area contributed by atoms with Crippen molar-refractivity contribution in [1.29, 1.82) is 0 Å². The molecule has 0 radical (unpaired) electrons. The van der Waals surface area contributed by atoms with Crippen molar-refractivity contribution >= 4 is 15.9 Å². The van der Waals surface area contributed by atoms with Gasteiger partial charge in [-0.2, -0.15) is 0 Å². The summed E-state index contributed by atoms with van der Waals surface area (Å²) in [6.07, 6.45) is 2.65. The molecule has 0 bridgehead atoms. The summed E-state index contributed by atoms with van der Waals surface area (Å²) in [5, 5.41) is 0. The van der Waals surface area contributed by atoms with Crippen LogP contribution in [0.4, 0.5) is 0 Å². The van der Waals surface area contributed by atoms with Gasteiger partial charge in [-0.1, -0.05) is 15.9 Å². The number of nitrogens with two attached hydrogens (primary N) is 1. The van der Waals surface area contributed by atoms with Crippen molar-refractivity contribution < 1.29 is 4.74 Å². The molecule has 3 nitrogen and oxygen atoms in total. The third-order valence-corrected chi connectivity index (χ3v) is 3.82. The molecule has 0 amide bonds. The third kappa shape index (κ3) is 3.70. The third-order valence-electron chi connectivity index (χ3n) is 3.33. The molecular weight excluding hydrogens is 292 g/mol. The highest BCUT2D eigenvalue weighted by Gasteiger charge is 2.12. The fraction of sp³-hybridized carbons (Fsp3) is 0.571. The summed E-state index contributed by atoms with van der Waals surface area (Å²) in [5.74, 6) is 0.910. The molecule has 1 aliphatic heterocycles. The van der Waals surface area contributed by atoms with Gasteiger partial charge in [-0.3, -0.25) is 4.90 Å². The van der Waals surface area contributed by atoms with Crippen LogP contribution in [0.1, 0.15) is 31.4 Å². The Kier molecular flexibility index (Phi) is 5.03. The smallest absolute Gasteiger partial charge is 0.124 e. The van der Waals surface area contributed by atoms with Crippen molar-refractivity contribution in [3.8, 4) is 5.75 Å². The number of halogens is 1. The Bertz CT molecular complexity index is 389. The van der Waals surface area contributed by atoms with E-state index in [0.717, 1.165) is 28.9 Å². The van der Waals surface area contributed by atoms with E-state index in [-0.39, 0.29) is 6.04 Å². The minimum Gasteiger partial charge on any atom is -0.492 e. The predicted octanol–water partition coefficient (Wildman–Crippen LogP) is 2.94. The summed E-state index contributed by atoms with van der Waals surface area (Å²) < 4.78 is 6.92. The Morgan fingerprint density at radius 2 is 2.11 bits per heavy atom. The lowest BCUT2D eigenvalue weighted by molar-refractivity contribution is 0.236. The van der Waals surface area contributed by atoms with Crippen LogP contribution < -0.4 is 10.5 Å². The number of benzene rings is 1. The molecule has 1 heterocycles. The van der Waals surface area contributed by atoms with Crippen LogP contribution >= 0.6 is 15.9 Å². The molecule has 2 N–H and O–H groups in total. The van der Waals surface area contributed by atoms with Gasteiger partial charge >= 0.3 is 0 Å². The molecule has 1 aromatic rings. The number of ether oxygens (including phenoxy) is 1. The highest BCUT2D eigenvalue weighted by Crippen LogP contribution is 2.27. The van der Waals surface area contributed by atoms with Gasteiger partial charge in [0.05, 0.1) is 0 Å². The van der Waals surface area contributed by atoms with E-state index in [1.54, 1.807) is 0 Å². The van der Waals surface area contributed by atoms with E-state index in [1.807, 2.05) is 25.1 Å². The quantitative estimate of drug-likeness (QED) is 0.908. The molecule has 1 aromatic carbocycles. The second-order valence-corrected chi connectivity index (χ2v) is 5.78. The maximum atomic E-state index is 5.97. The van der Waals surface area contributed by atoms with Gasteiger partial charge < -0.3 is 10.5 Å². The molecular formula is C14H21BrN2O. The molecule has 0 aromatic heterocycles. The fourth-order valence-electron chi connectivity index (χ4n) is 2.30. The standard InChI is InChI=1S/C14H21BrN2O/c1-11(16)13-10-12(15)4-5-14(13)18-9-8-17-6-2-3-7-17/h4-5,10-11H,2-3,6-9,16H2,1H3. The second-order valence-electron chi connectivity index (χ2n) is 4.87. The number of rotatable bonds is 5. The zero-order valence-corrected chi connectivity index (χ0v) is 12.4. The first-order valence-corrected chi connectivity index (χ1v) is 7.36. The SMILES string of the molecule is CC(N)c1cc(Br)ccc1OCCN1CCCC1. The Hall–Kier alpha value is -0.580. The zero-order valence-electron chi connectivity index (χ0n) is 10.9. The Morgan fingerprint density at radius 3 is 2.78 bits per heavy atom. The van der Waals surface area contributed by atoms with Crippen molar-refractivity contribution in [1.82, 2.24) is 4.90 Å². The van der Waals surface area contributed by atoms with Crippen molar-refractivity contribution in [2.75, 3.05) is 26.2 Å². The van der Waals surface area contributed by atoms with E-state index in [4.69, 9.17) is 10.5 Å². The molecule has 1 saturated heterocycles. The Balaban J connectivity index is 1.91. The molecule has 18 heavy (non-hydrogen) atoms. The average Bonchev–Trinajstić information content (AvgIpc) is 2.84. The van der Waals surface area contributed by atoms with Crippen LogP contribution in [-0.2, 0) is 0 Å². The molecule has 0 saturated carbocycles. The van der Waals surface area contributed by atoms with Crippen LogP contribution in [0.5, 0.6) is 5.75 Å². The molecule has 2 rings (SSSR count). The molecule has 1 aliphatic rings. The van der Waals surface area contributed by atoms with Gasteiger partial charge in [0.25, 0.3) is 0 Å². The maximum absolute atomic E-state index is 5.97. The lowest BCUT2D eigenvalue weighted by atomic mass is 10.1. The topological polar surface area (TPSA) is 38.5 Å². The van der Waals surface area contributed by atoms with Crippen LogP contribution in [0, 0.1) is 0 Å². The minimum absolute atomic E-state index is 0.00992. The van der Waals surface area contributed by atoms with E-state index < -0.39 is 0 Å². The average molecular weight is 313 g/mol. The van der Waals surface area contributed by atoms with Gasteiger partial charge in [-0.25, -0.2) is 0 Å². The molecule has 1 fully saturated rings. The highest BCUT2D eigenvalue weighted by atomic mass is 79.9.